The van der Waals surface area contributed by atoms with Gasteiger partial charge in [0.15, 0.2) is 11.6 Å². The molecule has 1 aromatic heterocycles. The minimum atomic E-state index is 0.203. The smallest absolute Gasteiger partial charge is 0.171 e. The van der Waals surface area contributed by atoms with E-state index >= 15 is 0 Å². The van der Waals surface area contributed by atoms with Crippen molar-refractivity contribution in [3.63, 3.8) is 0 Å². The fraction of sp³-hybridized carbons (Fsp3) is 0.500. The van der Waals surface area contributed by atoms with Gasteiger partial charge in [0.1, 0.15) is 5.84 Å². The zero-order chi connectivity index (χ0) is 13.4. The van der Waals surface area contributed by atoms with E-state index in [2.05, 4.69) is 17.1 Å². The fourth-order valence-corrected chi connectivity index (χ4v) is 1.43. The Labute approximate surface area is 107 Å². The van der Waals surface area contributed by atoms with Crippen LogP contribution in [0.1, 0.15) is 19.8 Å². The van der Waals surface area contributed by atoms with Gasteiger partial charge in [-0.3, -0.25) is 0 Å². The van der Waals surface area contributed by atoms with E-state index in [9.17, 15) is 0 Å². The van der Waals surface area contributed by atoms with Gasteiger partial charge in [0, 0.05) is 26.2 Å². The second-order valence-corrected chi connectivity index (χ2v) is 3.94. The maximum Gasteiger partial charge on any atom is 0.171 e. The van der Waals surface area contributed by atoms with Crippen LogP contribution in [-0.2, 0) is 0 Å². The third kappa shape index (κ3) is 4.12. The van der Waals surface area contributed by atoms with Crippen molar-refractivity contribution in [2.24, 2.45) is 10.9 Å². The largest absolute Gasteiger partial charge is 0.490 e. The number of aromatic nitrogens is 1. The molecule has 3 N–H and O–H groups in total. The van der Waals surface area contributed by atoms with Crippen LogP contribution < -0.4 is 15.4 Å². The van der Waals surface area contributed by atoms with Crippen LogP contribution in [0.3, 0.4) is 0 Å². The van der Waals surface area contributed by atoms with E-state index in [0.717, 1.165) is 18.0 Å². The molecule has 0 aromatic carbocycles. The predicted molar refractivity (Wildman–Crippen MR) is 71.3 cm³/mol. The molecule has 0 atom stereocenters. The first kappa shape index (κ1) is 14.1. The van der Waals surface area contributed by atoms with Gasteiger partial charge in [0.2, 0.25) is 0 Å². The van der Waals surface area contributed by atoms with Crippen molar-refractivity contribution in [2.45, 2.75) is 19.8 Å². The lowest BCUT2D eigenvalue weighted by atomic mass is 10.3. The van der Waals surface area contributed by atoms with E-state index in [1.54, 1.807) is 6.20 Å². The highest BCUT2D eigenvalue weighted by atomic mass is 16.5. The summed E-state index contributed by atoms with van der Waals surface area (Å²) in [6.07, 6.45) is 3.13. The lowest BCUT2D eigenvalue weighted by molar-refractivity contribution is 0.316. The number of nitrogens with zero attached hydrogens (tertiary/aromatic N) is 3. The number of hydrogen-bond donors (Lipinski definition) is 2. The molecule has 0 spiro atoms. The van der Waals surface area contributed by atoms with Crippen molar-refractivity contribution in [3.05, 3.63) is 18.3 Å². The van der Waals surface area contributed by atoms with Gasteiger partial charge >= 0.3 is 0 Å². The third-order valence-electron chi connectivity index (χ3n) is 2.41. The maximum atomic E-state index is 8.49. The van der Waals surface area contributed by atoms with Gasteiger partial charge in [0.25, 0.3) is 0 Å². The Morgan fingerprint density at radius 2 is 2.39 bits per heavy atom. The van der Waals surface area contributed by atoms with Gasteiger partial charge in [-0.25, -0.2) is 4.98 Å². The molecular formula is C12H20N4O2. The summed E-state index contributed by atoms with van der Waals surface area (Å²) >= 11 is 0. The highest BCUT2D eigenvalue weighted by Crippen LogP contribution is 2.24. The Morgan fingerprint density at radius 3 is 3.06 bits per heavy atom. The zero-order valence-electron chi connectivity index (χ0n) is 10.8. The van der Waals surface area contributed by atoms with Gasteiger partial charge in [-0.05, 0) is 18.6 Å². The Hall–Kier alpha value is -1.98. The van der Waals surface area contributed by atoms with Crippen LogP contribution in [0.4, 0.5) is 5.82 Å². The number of nitrogens with two attached hydrogens (primary N) is 1. The minimum absolute atomic E-state index is 0.203. The van der Waals surface area contributed by atoms with E-state index in [0.29, 0.717) is 19.6 Å². The Bertz CT molecular complexity index is 395. The summed E-state index contributed by atoms with van der Waals surface area (Å²) in [7, 11) is 1.89. The predicted octanol–water partition coefficient (Wildman–Crippen LogP) is 1.44. The minimum Gasteiger partial charge on any atom is -0.490 e. The number of anilines is 1. The number of rotatable bonds is 7. The first-order chi connectivity index (χ1) is 8.69. The molecule has 1 aromatic rings. The summed E-state index contributed by atoms with van der Waals surface area (Å²) in [6, 6.07) is 3.73. The molecule has 100 valence electrons. The van der Waals surface area contributed by atoms with Crippen LogP contribution in [0, 0.1) is 0 Å². The summed E-state index contributed by atoms with van der Waals surface area (Å²) in [6.45, 7) is 3.32. The van der Waals surface area contributed by atoms with Gasteiger partial charge in [-0.15, -0.1) is 0 Å². The van der Waals surface area contributed by atoms with Crippen molar-refractivity contribution < 1.29 is 9.94 Å². The number of ether oxygens (including phenoxy) is 1. The van der Waals surface area contributed by atoms with E-state index in [-0.39, 0.29) is 5.84 Å². The number of pyridine rings is 1. The molecule has 0 aliphatic rings. The van der Waals surface area contributed by atoms with Crippen molar-refractivity contribution >= 4 is 11.7 Å². The number of amidine groups is 1. The topological polar surface area (TPSA) is 84.0 Å². The highest BCUT2D eigenvalue weighted by molar-refractivity contribution is 5.80. The fourth-order valence-electron chi connectivity index (χ4n) is 1.43. The molecule has 0 saturated carbocycles. The first-order valence-corrected chi connectivity index (χ1v) is 5.94. The molecule has 0 amide bonds. The molecule has 0 aliphatic heterocycles. The average molecular weight is 252 g/mol. The molecule has 0 radical (unpaired) electrons. The SMILES string of the molecule is CCCOc1cccnc1N(C)CC/C(N)=N/O. The van der Waals surface area contributed by atoms with Crippen LogP contribution >= 0.6 is 0 Å². The van der Waals surface area contributed by atoms with Crippen molar-refractivity contribution in [2.75, 3.05) is 25.1 Å². The van der Waals surface area contributed by atoms with Crippen LogP contribution in [0.2, 0.25) is 0 Å². The molecule has 18 heavy (non-hydrogen) atoms. The number of oxime groups is 1. The quantitative estimate of drug-likeness (QED) is 0.332. The second kappa shape index (κ2) is 7.37. The zero-order valence-corrected chi connectivity index (χ0v) is 10.8. The third-order valence-corrected chi connectivity index (χ3v) is 2.41. The van der Waals surface area contributed by atoms with Gasteiger partial charge in [-0.2, -0.15) is 0 Å². The molecule has 0 unspecified atom stereocenters. The van der Waals surface area contributed by atoms with Gasteiger partial charge in [0.05, 0.1) is 6.61 Å². The summed E-state index contributed by atoms with van der Waals surface area (Å²) in [5.41, 5.74) is 5.44. The summed E-state index contributed by atoms with van der Waals surface area (Å²) in [5.74, 6) is 1.71. The molecular weight excluding hydrogens is 232 g/mol. The van der Waals surface area contributed by atoms with Crippen LogP contribution in [0.15, 0.2) is 23.5 Å². The van der Waals surface area contributed by atoms with Crippen molar-refractivity contribution in [3.8, 4) is 5.75 Å². The van der Waals surface area contributed by atoms with Gasteiger partial charge in [-0.1, -0.05) is 12.1 Å². The molecule has 1 rings (SSSR count). The van der Waals surface area contributed by atoms with E-state index in [4.69, 9.17) is 15.7 Å². The Morgan fingerprint density at radius 1 is 1.61 bits per heavy atom. The molecule has 0 aliphatic carbocycles. The molecule has 1 heterocycles. The number of hydrogen-bond acceptors (Lipinski definition) is 5. The summed E-state index contributed by atoms with van der Waals surface area (Å²) < 4.78 is 5.63. The first-order valence-electron chi connectivity index (χ1n) is 5.94. The molecule has 0 saturated heterocycles. The lowest BCUT2D eigenvalue weighted by Gasteiger charge is -2.20. The maximum absolute atomic E-state index is 8.49. The molecule has 6 nitrogen and oxygen atoms in total. The van der Waals surface area contributed by atoms with Crippen molar-refractivity contribution in [1.82, 2.24) is 4.98 Å². The van der Waals surface area contributed by atoms with E-state index in [1.165, 1.54) is 0 Å². The molecule has 6 heteroatoms. The van der Waals surface area contributed by atoms with Crippen LogP contribution in [0.5, 0.6) is 5.75 Å². The lowest BCUT2D eigenvalue weighted by Crippen LogP contribution is -2.25. The average Bonchev–Trinajstić information content (AvgIpc) is 2.42. The normalized spacial score (nSPS) is 11.3. The van der Waals surface area contributed by atoms with Crippen LogP contribution in [-0.4, -0.2) is 36.2 Å². The Balaban J connectivity index is 2.68. The summed E-state index contributed by atoms with van der Waals surface area (Å²) in [4.78, 5) is 6.21. The standard InChI is InChI=1S/C12H20N4O2/c1-3-9-18-10-5-4-7-14-12(10)16(2)8-6-11(13)15-17/h4-5,7,17H,3,6,8-9H2,1-2H3,(H2,13,15). The van der Waals surface area contributed by atoms with E-state index in [1.807, 2.05) is 24.1 Å². The molecule has 0 fully saturated rings. The van der Waals surface area contributed by atoms with Gasteiger partial charge < -0.3 is 20.6 Å². The second-order valence-electron chi connectivity index (χ2n) is 3.94. The van der Waals surface area contributed by atoms with Crippen molar-refractivity contribution in [1.29, 1.82) is 0 Å². The van der Waals surface area contributed by atoms with E-state index < -0.39 is 0 Å². The Kier molecular flexibility index (Phi) is 5.76. The summed E-state index contributed by atoms with van der Waals surface area (Å²) in [5, 5.41) is 11.4. The molecule has 0 bridgehead atoms. The van der Waals surface area contributed by atoms with Crippen LogP contribution in [0.25, 0.3) is 0 Å². The highest BCUT2D eigenvalue weighted by Gasteiger charge is 2.10. The monoisotopic (exact) mass is 252 g/mol.